The van der Waals surface area contributed by atoms with Crippen LogP contribution in [-0.2, 0) is 6.42 Å². The van der Waals surface area contributed by atoms with E-state index < -0.39 is 0 Å². The minimum atomic E-state index is 0.322. The van der Waals surface area contributed by atoms with Crippen molar-refractivity contribution in [2.24, 2.45) is 0 Å². The topological polar surface area (TPSA) is 34.1 Å². The lowest BCUT2D eigenvalue weighted by atomic mass is 10.1. The van der Waals surface area contributed by atoms with Crippen LogP contribution in [0.5, 0.6) is 5.75 Å². The molecule has 3 nitrogen and oxygen atoms in total. The van der Waals surface area contributed by atoms with E-state index in [1.54, 1.807) is 0 Å². The Morgan fingerprint density at radius 3 is 2.89 bits per heavy atom. The fourth-order valence-electron chi connectivity index (χ4n) is 2.27. The molecular formula is C15H16N2O. The number of ether oxygens (including phenoxy) is 1. The first-order chi connectivity index (χ1) is 8.93. The molecule has 1 atom stereocenters. The van der Waals surface area contributed by atoms with Gasteiger partial charge < -0.3 is 10.1 Å². The van der Waals surface area contributed by atoms with Crippen LogP contribution in [0.3, 0.4) is 0 Å². The summed E-state index contributed by atoms with van der Waals surface area (Å²) >= 11 is 0. The maximum Gasteiger partial charge on any atom is 0.124 e. The van der Waals surface area contributed by atoms with Gasteiger partial charge in [-0.25, -0.2) is 0 Å². The van der Waals surface area contributed by atoms with E-state index in [0.29, 0.717) is 6.04 Å². The van der Waals surface area contributed by atoms with E-state index in [4.69, 9.17) is 4.74 Å². The Kier molecular flexibility index (Phi) is 3.24. The fraction of sp³-hybridized carbons (Fsp3) is 0.267. The first-order valence-electron chi connectivity index (χ1n) is 6.27. The second-order valence-electron chi connectivity index (χ2n) is 4.46. The highest BCUT2D eigenvalue weighted by molar-refractivity contribution is 5.39. The molecule has 3 rings (SSSR count). The Hall–Kier alpha value is -1.87. The summed E-state index contributed by atoms with van der Waals surface area (Å²) in [4.78, 5) is 4.02. The summed E-state index contributed by atoms with van der Waals surface area (Å²) in [6, 6.07) is 12.7. The number of hydrogen-bond acceptors (Lipinski definition) is 3. The van der Waals surface area contributed by atoms with Gasteiger partial charge in [0.25, 0.3) is 0 Å². The molecule has 0 bridgehead atoms. The standard InChI is InChI=1S/C15H16N2O/c1-2-4-15-13(3-1)14(11-18-15)17-10-7-12-5-8-16-9-6-12/h1-6,8-9,14,17H,7,10-11H2. The summed E-state index contributed by atoms with van der Waals surface area (Å²) in [6.45, 7) is 1.68. The van der Waals surface area contributed by atoms with Gasteiger partial charge >= 0.3 is 0 Å². The van der Waals surface area contributed by atoms with Crippen LogP contribution in [-0.4, -0.2) is 18.1 Å². The molecule has 0 radical (unpaired) electrons. The number of nitrogens with zero attached hydrogens (tertiary/aromatic N) is 1. The van der Waals surface area contributed by atoms with E-state index in [0.717, 1.165) is 25.3 Å². The highest BCUT2D eigenvalue weighted by atomic mass is 16.5. The molecule has 1 aliphatic heterocycles. The summed E-state index contributed by atoms with van der Waals surface area (Å²) in [6.07, 6.45) is 4.69. The average molecular weight is 240 g/mol. The lowest BCUT2D eigenvalue weighted by Gasteiger charge is -2.11. The number of rotatable bonds is 4. The second kappa shape index (κ2) is 5.19. The van der Waals surface area contributed by atoms with Crippen molar-refractivity contribution in [2.75, 3.05) is 13.2 Å². The molecule has 18 heavy (non-hydrogen) atoms. The van der Waals surface area contributed by atoms with Crippen molar-refractivity contribution < 1.29 is 4.74 Å². The van der Waals surface area contributed by atoms with Gasteiger partial charge in [-0.1, -0.05) is 18.2 Å². The van der Waals surface area contributed by atoms with Crippen molar-refractivity contribution >= 4 is 0 Å². The summed E-state index contributed by atoms with van der Waals surface area (Å²) in [7, 11) is 0. The molecule has 2 heterocycles. The number of fused-ring (bicyclic) bond motifs is 1. The molecule has 1 aromatic heterocycles. The highest BCUT2D eigenvalue weighted by Gasteiger charge is 2.22. The van der Waals surface area contributed by atoms with Crippen molar-refractivity contribution in [3.05, 3.63) is 59.9 Å². The first kappa shape index (κ1) is 11.2. The fourth-order valence-corrected chi connectivity index (χ4v) is 2.27. The van der Waals surface area contributed by atoms with Crippen LogP contribution in [0.15, 0.2) is 48.8 Å². The third-order valence-corrected chi connectivity index (χ3v) is 3.25. The molecule has 0 saturated carbocycles. The molecule has 0 fully saturated rings. The smallest absolute Gasteiger partial charge is 0.124 e. The Labute approximate surface area is 107 Å². The normalized spacial score (nSPS) is 17.2. The van der Waals surface area contributed by atoms with Crippen molar-refractivity contribution in [3.8, 4) is 5.75 Å². The SMILES string of the molecule is c1ccc2c(c1)OCC2NCCc1ccncc1. The molecule has 1 aliphatic rings. The Morgan fingerprint density at radius 2 is 2.00 bits per heavy atom. The summed E-state index contributed by atoms with van der Waals surface area (Å²) in [5.41, 5.74) is 2.58. The van der Waals surface area contributed by atoms with Crippen LogP contribution < -0.4 is 10.1 Å². The molecule has 0 saturated heterocycles. The van der Waals surface area contributed by atoms with E-state index in [-0.39, 0.29) is 0 Å². The molecule has 0 amide bonds. The minimum absolute atomic E-state index is 0.322. The third kappa shape index (κ3) is 2.36. The van der Waals surface area contributed by atoms with Gasteiger partial charge in [-0.15, -0.1) is 0 Å². The lowest BCUT2D eigenvalue weighted by molar-refractivity contribution is 0.312. The monoisotopic (exact) mass is 240 g/mol. The van der Waals surface area contributed by atoms with E-state index in [1.807, 2.05) is 24.5 Å². The summed E-state index contributed by atoms with van der Waals surface area (Å²) < 4.78 is 5.64. The zero-order valence-electron chi connectivity index (χ0n) is 10.2. The maximum absolute atomic E-state index is 5.64. The molecule has 0 aliphatic carbocycles. The molecular weight excluding hydrogens is 224 g/mol. The molecule has 92 valence electrons. The predicted molar refractivity (Wildman–Crippen MR) is 70.6 cm³/mol. The number of aromatic nitrogens is 1. The van der Waals surface area contributed by atoms with E-state index >= 15 is 0 Å². The van der Waals surface area contributed by atoms with Crippen LogP contribution in [0, 0.1) is 0 Å². The quantitative estimate of drug-likeness (QED) is 0.890. The Balaban J connectivity index is 1.56. The summed E-state index contributed by atoms with van der Waals surface area (Å²) in [5.74, 6) is 1.01. The van der Waals surface area contributed by atoms with Crippen molar-refractivity contribution in [2.45, 2.75) is 12.5 Å². The van der Waals surface area contributed by atoms with Crippen molar-refractivity contribution in [3.63, 3.8) is 0 Å². The molecule has 1 unspecified atom stereocenters. The van der Waals surface area contributed by atoms with E-state index in [1.165, 1.54) is 11.1 Å². The van der Waals surface area contributed by atoms with Gasteiger partial charge in [0.15, 0.2) is 0 Å². The van der Waals surface area contributed by atoms with Gasteiger partial charge in [-0.2, -0.15) is 0 Å². The Bertz CT molecular complexity index is 513. The van der Waals surface area contributed by atoms with Gasteiger partial charge in [0, 0.05) is 18.0 Å². The van der Waals surface area contributed by atoms with E-state index in [2.05, 4.69) is 34.6 Å². The van der Waals surface area contributed by atoms with Crippen LogP contribution >= 0.6 is 0 Å². The number of benzene rings is 1. The zero-order chi connectivity index (χ0) is 12.2. The largest absolute Gasteiger partial charge is 0.491 e. The molecule has 2 aromatic rings. The zero-order valence-corrected chi connectivity index (χ0v) is 10.2. The molecule has 3 heteroatoms. The number of pyridine rings is 1. The van der Waals surface area contributed by atoms with Crippen LogP contribution in [0.1, 0.15) is 17.2 Å². The number of para-hydroxylation sites is 1. The van der Waals surface area contributed by atoms with Gasteiger partial charge in [0.05, 0.1) is 6.04 Å². The number of hydrogen-bond donors (Lipinski definition) is 1. The van der Waals surface area contributed by atoms with Gasteiger partial charge in [-0.05, 0) is 36.7 Å². The first-order valence-corrected chi connectivity index (χ1v) is 6.27. The Morgan fingerprint density at radius 1 is 1.17 bits per heavy atom. The van der Waals surface area contributed by atoms with E-state index in [9.17, 15) is 0 Å². The third-order valence-electron chi connectivity index (χ3n) is 3.25. The van der Waals surface area contributed by atoms with Gasteiger partial charge in [0.1, 0.15) is 12.4 Å². The molecule has 1 N–H and O–H groups in total. The summed E-state index contributed by atoms with van der Waals surface area (Å²) in [5, 5.41) is 3.54. The van der Waals surface area contributed by atoms with Crippen LogP contribution in [0.25, 0.3) is 0 Å². The minimum Gasteiger partial charge on any atom is -0.491 e. The second-order valence-corrected chi connectivity index (χ2v) is 4.46. The van der Waals surface area contributed by atoms with Crippen LogP contribution in [0.4, 0.5) is 0 Å². The van der Waals surface area contributed by atoms with Crippen molar-refractivity contribution in [1.29, 1.82) is 0 Å². The highest BCUT2D eigenvalue weighted by Crippen LogP contribution is 2.31. The molecule has 1 aromatic carbocycles. The predicted octanol–water partition coefficient (Wildman–Crippen LogP) is 2.35. The lowest BCUT2D eigenvalue weighted by Crippen LogP contribution is -2.24. The van der Waals surface area contributed by atoms with Gasteiger partial charge in [0.2, 0.25) is 0 Å². The average Bonchev–Trinajstić information content (AvgIpc) is 2.84. The van der Waals surface area contributed by atoms with Gasteiger partial charge in [-0.3, -0.25) is 4.98 Å². The molecule has 0 spiro atoms. The maximum atomic E-state index is 5.64. The van der Waals surface area contributed by atoms with Crippen LogP contribution in [0.2, 0.25) is 0 Å². The van der Waals surface area contributed by atoms with Crippen molar-refractivity contribution in [1.82, 2.24) is 10.3 Å². The number of nitrogens with one attached hydrogen (secondary N) is 1.